The van der Waals surface area contributed by atoms with E-state index in [1.807, 2.05) is 19.9 Å². The summed E-state index contributed by atoms with van der Waals surface area (Å²) in [5.41, 5.74) is 8.58. The monoisotopic (exact) mass is 310 g/mol. The minimum Gasteiger partial charge on any atom is -0.378 e. The molecule has 0 fully saturated rings. The van der Waals surface area contributed by atoms with E-state index in [0.717, 1.165) is 16.7 Å². The first-order chi connectivity index (χ1) is 10.9. The second-order valence-electron chi connectivity index (χ2n) is 5.72. The van der Waals surface area contributed by atoms with Gasteiger partial charge in [-0.15, -0.1) is 0 Å². The molecule has 1 atom stereocenters. The molecule has 23 heavy (non-hydrogen) atoms. The lowest BCUT2D eigenvalue weighted by Crippen LogP contribution is -2.25. The lowest BCUT2D eigenvalue weighted by Gasteiger charge is -2.12. The molecule has 0 aromatic heterocycles. The number of aliphatic hydroxyl groups excluding tert-OH is 1. The van der Waals surface area contributed by atoms with Crippen molar-refractivity contribution in [2.45, 2.75) is 33.8 Å². The van der Waals surface area contributed by atoms with Crippen molar-refractivity contribution in [2.24, 2.45) is 5.10 Å². The van der Waals surface area contributed by atoms with Gasteiger partial charge in [0.15, 0.2) is 6.10 Å². The smallest absolute Gasteiger partial charge is 0.273 e. The standard InChI is InChI=1S/C19H22N2O2/c1-12-10-13(2)15(4)17(14(12)3)11-20-21-19(23)18(22)16-8-6-5-7-9-16/h5-11,18,22H,1-4H3,(H,21,23)/b20-11+. The van der Waals surface area contributed by atoms with Gasteiger partial charge in [0.1, 0.15) is 0 Å². The zero-order chi connectivity index (χ0) is 17.0. The molecular weight excluding hydrogens is 288 g/mol. The van der Waals surface area contributed by atoms with E-state index >= 15 is 0 Å². The number of carbonyl (C=O) groups is 1. The molecule has 120 valence electrons. The van der Waals surface area contributed by atoms with Crippen LogP contribution < -0.4 is 5.43 Å². The predicted molar refractivity (Wildman–Crippen MR) is 92.5 cm³/mol. The molecule has 0 aliphatic rings. The number of aliphatic hydroxyl groups is 1. The molecule has 0 aliphatic heterocycles. The van der Waals surface area contributed by atoms with Gasteiger partial charge in [-0.25, -0.2) is 5.43 Å². The van der Waals surface area contributed by atoms with E-state index in [9.17, 15) is 9.90 Å². The van der Waals surface area contributed by atoms with Crippen LogP contribution in [0, 0.1) is 27.7 Å². The van der Waals surface area contributed by atoms with Gasteiger partial charge in [0, 0.05) is 5.56 Å². The van der Waals surface area contributed by atoms with Crippen LogP contribution in [0.25, 0.3) is 0 Å². The van der Waals surface area contributed by atoms with Gasteiger partial charge in [-0.2, -0.15) is 5.10 Å². The van der Waals surface area contributed by atoms with Gasteiger partial charge < -0.3 is 5.11 Å². The van der Waals surface area contributed by atoms with E-state index < -0.39 is 12.0 Å². The highest BCUT2D eigenvalue weighted by Crippen LogP contribution is 2.20. The normalized spacial score (nSPS) is 12.4. The van der Waals surface area contributed by atoms with Crippen molar-refractivity contribution >= 4 is 12.1 Å². The number of carbonyl (C=O) groups excluding carboxylic acids is 1. The van der Waals surface area contributed by atoms with E-state index in [1.165, 1.54) is 11.1 Å². The highest BCUT2D eigenvalue weighted by molar-refractivity contribution is 5.87. The van der Waals surface area contributed by atoms with Gasteiger partial charge in [0.25, 0.3) is 5.91 Å². The molecule has 2 N–H and O–H groups in total. The van der Waals surface area contributed by atoms with Gasteiger partial charge in [0.2, 0.25) is 0 Å². The molecule has 2 rings (SSSR count). The Bertz CT molecular complexity index is 711. The van der Waals surface area contributed by atoms with E-state index in [0.29, 0.717) is 5.56 Å². The molecule has 0 spiro atoms. The largest absolute Gasteiger partial charge is 0.378 e. The van der Waals surface area contributed by atoms with Crippen molar-refractivity contribution in [1.29, 1.82) is 0 Å². The van der Waals surface area contributed by atoms with Crippen LogP contribution in [0.4, 0.5) is 0 Å². The molecule has 1 amide bonds. The lowest BCUT2D eigenvalue weighted by atomic mass is 9.95. The van der Waals surface area contributed by atoms with Crippen LogP contribution in [-0.2, 0) is 4.79 Å². The highest BCUT2D eigenvalue weighted by Gasteiger charge is 2.16. The number of nitrogens with zero attached hydrogens (tertiary/aromatic N) is 1. The molecule has 0 heterocycles. The van der Waals surface area contributed by atoms with Gasteiger partial charge in [-0.1, -0.05) is 36.4 Å². The summed E-state index contributed by atoms with van der Waals surface area (Å²) in [7, 11) is 0. The Kier molecular flexibility index (Phi) is 5.29. The number of benzene rings is 2. The molecule has 0 saturated heterocycles. The number of amides is 1. The first-order valence-corrected chi connectivity index (χ1v) is 7.55. The number of nitrogens with one attached hydrogen (secondary N) is 1. The minimum absolute atomic E-state index is 0.541. The van der Waals surface area contributed by atoms with E-state index in [1.54, 1.807) is 30.5 Å². The zero-order valence-corrected chi connectivity index (χ0v) is 13.9. The second kappa shape index (κ2) is 7.20. The molecule has 4 heteroatoms. The number of aryl methyl sites for hydroxylation is 2. The fraction of sp³-hybridized carbons (Fsp3) is 0.263. The van der Waals surface area contributed by atoms with Crippen molar-refractivity contribution in [1.82, 2.24) is 5.43 Å². The van der Waals surface area contributed by atoms with Crippen molar-refractivity contribution in [3.8, 4) is 0 Å². The van der Waals surface area contributed by atoms with Crippen LogP contribution in [0.2, 0.25) is 0 Å². The van der Waals surface area contributed by atoms with Crippen molar-refractivity contribution in [3.63, 3.8) is 0 Å². The summed E-state index contributed by atoms with van der Waals surface area (Å²) in [6.07, 6.45) is 0.412. The molecule has 0 radical (unpaired) electrons. The predicted octanol–water partition coefficient (Wildman–Crippen LogP) is 3.10. The Morgan fingerprint density at radius 1 is 1.09 bits per heavy atom. The van der Waals surface area contributed by atoms with Crippen LogP contribution in [0.5, 0.6) is 0 Å². The molecule has 0 aliphatic carbocycles. The summed E-state index contributed by atoms with van der Waals surface area (Å²) in [5, 5.41) is 14.0. The molecule has 0 bridgehead atoms. The van der Waals surface area contributed by atoms with Crippen molar-refractivity contribution < 1.29 is 9.90 Å². The van der Waals surface area contributed by atoms with E-state index in [-0.39, 0.29) is 0 Å². The van der Waals surface area contributed by atoms with Crippen LogP contribution in [0.3, 0.4) is 0 Å². The van der Waals surface area contributed by atoms with Crippen LogP contribution in [-0.4, -0.2) is 17.2 Å². The van der Waals surface area contributed by atoms with Crippen molar-refractivity contribution in [3.05, 3.63) is 69.8 Å². The molecule has 2 aromatic carbocycles. The van der Waals surface area contributed by atoms with Crippen LogP contribution in [0.1, 0.15) is 39.5 Å². The average Bonchev–Trinajstić information content (AvgIpc) is 2.56. The molecule has 1 unspecified atom stereocenters. The third kappa shape index (κ3) is 3.85. The first kappa shape index (κ1) is 16.9. The molecular formula is C19H22N2O2. The summed E-state index contributed by atoms with van der Waals surface area (Å²) in [4.78, 5) is 12.0. The Morgan fingerprint density at radius 3 is 2.22 bits per heavy atom. The fourth-order valence-electron chi connectivity index (χ4n) is 2.45. The topological polar surface area (TPSA) is 61.7 Å². The summed E-state index contributed by atoms with van der Waals surface area (Å²) in [5.74, 6) is -0.549. The second-order valence-corrected chi connectivity index (χ2v) is 5.72. The van der Waals surface area contributed by atoms with E-state index in [4.69, 9.17) is 0 Å². The first-order valence-electron chi connectivity index (χ1n) is 7.55. The summed E-state index contributed by atoms with van der Waals surface area (Å²) < 4.78 is 0. The number of hydrazone groups is 1. The maximum absolute atomic E-state index is 12.0. The quantitative estimate of drug-likeness (QED) is 0.673. The molecule has 2 aromatic rings. The minimum atomic E-state index is -1.23. The summed E-state index contributed by atoms with van der Waals surface area (Å²) in [6.45, 7) is 8.17. The Morgan fingerprint density at radius 2 is 1.65 bits per heavy atom. The summed E-state index contributed by atoms with van der Waals surface area (Å²) in [6, 6.07) is 10.9. The lowest BCUT2D eigenvalue weighted by molar-refractivity contribution is -0.129. The van der Waals surface area contributed by atoms with Gasteiger partial charge in [-0.3, -0.25) is 4.79 Å². The number of hydrogen-bond donors (Lipinski definition) is 2. The Hall–Kier alpha value is -2.46. The van der Waals surface area contributed by atoms with Gasteiger partial charge in [-0.05, 0) is 55.5 Å². The third-order valence-electron chi connectivity index (χ3n) is 4.16. The Balaban J connectivity index is 2.12. The fourth-order valence-corrected chi connectivity index (χ4v) is 2.45. The van der Waals surface area contributed by atoms with Gasteiger partial charge >= 0.3 is 0 Å². The van der Waals surface area contributed by atoms with Gasteiger partial charge in [0.05, 0.1) is 6.21 Å². The Labute approximate surface area is 136 Å². The summed E-state index contributed by atoms with van der Waals surface area (Å²) >= 11 is 0. The molecule has 4 nitrogen and oxygen atoms in total. The van der Waals surface area contributed by atoms with E-state index in [2.05, 4.69) is 30.4 Å². The third-order valence-corrected chi connectivity index (χ3v) is 4.16. The number of hydrogen-bond acceptors (Lipinski definition) is 3. The maximum Gasteiger partial charge on any atom is 0.273 e. The molecule has 0 saturated carbocycles. The van der Waals surface area contributed by atoms with Crippen LogP contribution in [0.15, 0.2) is 41.5 Å². The van der Waals surface area contributed by atoms with Crippen molar-refractivity contribution in [2.75, 3.05) is 0 Å². The van der Waals surface area contributed by atoms with Crippen LogP contribution >= 0.6 is 0 Å². The number of rotatable bonds is 4. The zero-order valence-electron chi connectivity index (χ0n) is 13.9. The average molecular weight is 310 g/mol. The highest BCUT2D eigenvalue weighted by atomic mass is 16.3. The SMILES string of the molecule is Cc1cc(C)c(C)c(/C=N/NC(=O)C(O)c2ccccc2)c1C. The maximum atomic E-state index is 12.0.